The van der Waals surface area contributed by atoms with Crippen LogP contribution in [0, 0.1) is 28.5 Å². The lowest BCUT2D eigenvalue weighted by molar-refractivity contribution is 0.0991. The van der Waals surface area contributed by atoms with Crippen LogP contribution in [0.4, 0.5) is 4.39 Å². The van der Waals surface area contributed by atoms with Crippen LogP contribution in [-0.2, 0) is 0 Å². The van der Waals surface area contributed by atoms with Crippen molar-refractivity contribution in [3.63, 3.8) is 0 Å². The number of hydrogen-bond acceptors (Lipinski definition) is 8. The van der Waals surface area contributed by atoms with E-state index in [0.29, 0.717) is 36.7 Å². The van der Waals surface area contributed by atoms with Crippen LogP contribution < -0.4 is 11.5 Å². The first kappa shape index (κ1) is 52.3. The van der Waals surface area contributed by atoms with Gasteiger partial charge in [0.2, 0.25) is 11.8 Å². The number of nitrogens with two attached hydrogens (primary N) is 2. The third-order valence-corrected chi connectivity index (χ3v) is 10.1. The molecule has 0 spiro atoms. The average Bonchev–Trinajstić information content (AvgIpc) is 3.04. The Hall–Kier alpha value is -2.71. The minimum Gasteiger partial charge on any atom is -0.366 e. The molecule has 0 saturated heterocycles. The molecule has 0 saturated carbocycles. The molecule has 0 radical (unpaired) electrons. The van der Waals surface area contributed by atoms with Gasteiger partial charge in [0.05, 0.1) is 42.3 Å². The number of rotatable bonds is 4. The summed E-state index contributed by atoms with van der Waals surface area (Å²) in [5, 5.41) is 18.4. The van der Waals surface area contributed by atoms with Gasteiger partial charge in [-0.05, 0) is 48.5 Å². The molecule has 0 atom stereocenters. The highest BCUT2D eigenvalue weighted by Gasteiger charge is 2.18. The number of thioether (sulfide) groups is 2. The third-order valence-electron chi connectivity index (χ3n) is 5.46. The molecule has 296 valence electrons. The van der Waals surface area contributed by atoms with Crippen molar-refractivity contribution < 1.29 is 14.0 Å². The Morgan fingerprint density at radius 3 is 1.33 bits per heavy atom. The number of amides is 2. The van der Waals surface area contributed by atoms with Gasteiger partial charge in [0.15, 0.2) is 0 Å². The van der Waals surface area contributed by atoms with Gasteiger partial charge >= 0.3 is 0 Å². The molecule has 4 rings (SSSR count). The number of carbonyl (C=O) groups is 2. The zero-order valence-corrected chi connectivity index (χ0v) is 38.3. The van der Waals surface area contributed by atoms with Gasteiger partial charge in [0.25, 0.3) is 0 Å². The molecule has 0 aromatic heterocycles. The third kappa shape index (κ3) is 22.0. The van der Waals surface area contributed by atoms with Crippen LogP contribution in [0.1, 0.15) is 94.2 Å². The second-order valence-electron chi connectivity index (χ2n) is 14.0. The molecule has 0 aliphatic rings. The lowest BCUT2D eigenvalue weighted by atomic mass is 10.2. The second kappa shape index (κ2) is 24.1. The number of nitriles is 2. The summed E-state index contributed by atoms with van der Waals surface area (Å²) in [6.07, 6.45) is 0. The van der Waals surface area contributed by atoms with E-state index in [-0.39, 0.29) is 24.8 Å². The summed E-state index contributed by atoms with van der Waals surface area (Å²) < 4.78 is 12.8. The SMILES string of the molecule is CC(C)(C)S.CC(C)(C)Sc1cccc(C#N)c1Cl.CC(C)(C)Sc1cccc(C(N)=O)c1Cl.N#Cc1cccc(F)c1Cl.NC(=O)c1cccc(S)c1Cl. The van der Waals surface area contributed by atoms with Gasteiger partial charge in [-0.2, -0.15) is 23.2 Å². The van der Waals surface area contributed by atoms with Crippen molar-refractivity contribution >= 4 is 107 Å². The van der Waals surface area contributed by atoms with E-state index >= 15 is 0 Å². The molecule has 4 aromatic carbocycles. The zero-order chi connectivity index (χ0) is 42.9. The molecule has 0 bridgehead atoms. The first-order valence-corrected chi connectivity index (χ1v) is 20.2. The molecule has 0 unspecified atom stereocenters. The van der Waals surface area contributed by atoms with Crippen molar-refractivity contribution in [2.75, 3.05) is 0 Å². The lowest BCUT2D eigenvalue weighted by Gasteiger charge is -2.18. The first-order chi connectivity index (χ1) is 25.1. The van der Waals surface area contributed by atoms with E-state index < -0.39 is 17.6 Å². The average molecular weight is 903 g/mol. The predicted octanol–water partition coefficient (Wildman–Crippen LogP) is 13.2. The van der Waals surface area contributed by atoms with Gasteiger partial charge in [-0.15, -0.1) is 36.2 Å². The van der Waals surface area contributed by atoms with Crippen molar-refractivity contribution in [2.45, 2.75) is 91.2 Å². The molecule has 0 aliphatic carbocycles. The fourth-order valence-electron chi connectivity index (χ4n) is 3.42. The van der Waals surface area contributed by atoms with Crippen LogP contribution >= 0.6 is 95.2 Å². The van der Waals surface area contributed by atoms with E-state index in [9.17, 15) is 14.0 Å². The van der Waals surface area contributed by atoms with Crippen molar-refractivity contribution in [3.8, 4) is 12.1 Å². The number of carbonyl (C=O) groups excluding carboxylic acids is 2. The Morgan fingerprint density at radius 2 is 0.964 bits per heavy atom. The van der Waals surface area contributed by atoms with Gasteiger partial charge in [-0.1, -0.05) is 133 Å². The Labute approximate surface area is 364 Å². The minimum absolute atomic E-state index is 0.0555. The number of nitrogens with zero attached hydrogens (tertiary/aromatic N) is 2. The number of thiol groups is 2. The lowest BCUT2D eigenvalue weighted by Crippen LogP contribution is -2.12. The van der Waals surface area contributed by atoms with Crippen LogP contribution in [0.5, 0.6) is 0 Å². The fourth-order valence-corrected chi connectivity index (χ4v) is 6.64. The van der Waals surface area contributed by atoms with Gasteiger partial charge in [0.1, 0.15) is 18.0 Å². The molecule has 4 N–H and O–H groups in total. The molecule has 0 aliphatic heterocycles. The molecular formula is C40H45Cl4FN4O2S4. The molecule has 0 fully saturated rings. The van der Waals surface area contributed by atoms with Gasteiger partial charge < -0.3 is 11.5 Å². The summed E-state index contributed by atoms with van der Waals surface area (Å²) in [6, 6.07) is 23.7. The Bertz CT molecular complexity index is 1990. The summed E-state index contributed by atoms with van der Waals surface area (Å²) >= 11 is 34.7. The highest BCUT2D eigenvalue weighted by atomic mass is 35.5. The summed E-state index contributed by atoms with van der Waals surface area (Å²) in [7, 11) is 0. The van der Waals surface area contributed by atoms with E-state index in [2.05, 4.69) is 93.6 Å². The summed E-state index contributed by atoms with van der Waals surface area (Å²) in [4.78, 5) is 24.2. The summed E-state index contributed by atoms with van der Waals surface area (Å²) in [5.41, 5.74) is 11.6. The maximum atomic E-state index is 12.5. The largest absolute Gasteiger partial charge is 0.366 e. The maximum absolute atomic E-state index is 12.5. The second-order valence-corrected chi connectivity index (χ2v) is 21.1. The molecule has 0 heterocycles. The van der Waals surface area contributed by atoms with Gasteiger partial charge in [-0.25, -0.2) is 4.39 Å². The highest BCUT2D eigenvalue weighted by molar-refractivity contribution is 8.01. The van der Waals surface area contributed by atoms with Crippen molar-refractivity contribution in [1.82, 2.24) is 0 Å². The zero-order valence-electron chi connectivity index (χ0n) is 31.9. The van der Waals surface area contributed by atoms with E-state index in [1.807, 2.05) is 18.2 Å². The molecule has 55 heavy (non-hydrogen) atoms. The summed E-state index contributed by atoms with van der Waals surface area (Å²) in [5.74, 6) is -1.58. The van der Waals surface area contributed by atoms with Crippen LogP contribution in [0.15, 0.2) is 87.5 Å². The maximum Gasteiger partial charge on any atom is 0.250 e. The molecule has 2 amide bonds. The van der Waals surface area contributed by atoms with E-state index in [1.165, 1.54) is 18.2 Å². The standard InChI is InChI=1S/C11H14ClNOS.C11H12ClNS.C7H3ClFN.C7H6ClNOS.C4H10S/c1-11(2,3)15-8-6-4-5-7(9(8)12)10(13)14;1-11(2,3)14-9-6-4-5-8(7-13)10(9)12;8-7-5(4-10)2-1-3-6(7)9;8-6-4(7(9)10)2-1-3-5(6)11;1-4(2,3)5/h4-6H,1-3H3,(H2,13,14);4-6H,1-3H3;1-3H;1-3,11H,(H2,9,10);5H,1-3H3. The van der Waals surface area contributed by atoms with Crippen LogP contribution in [-0.4, -0.2) is 26.1 Å². The minimum atomic E-state index is -0.555. The van der Waals surface area contributed by atoms with Crippen molar-refractivity contribution in [2.24, 2.45) is 11.5 Å². The Kier molecular flexibility index (Phi) is 23.0. The number of primary amides is 2. The van der Waals surface area contributed by atoms with Crippen molar-refractivity contribution in [3.05, 3.63) is 121 Å². The van der Waals surface area contributed by atoms with E-state index in [0.717, 1.165) is 9.79 Å². The monoisotopic (exact) mass is 900 g/mol. The van der Waals surface area contributed by atoms with Crippen LogP contribution in [0.25, 0.3) is 0 Å². The highest BCUT2D eigenvalue weighted by Crippen LogP contribution is 2.38. The van der Waals surface area contributed by atoms with Crippen LogP contribution in [0.3, 0.4) is 0 Å². The number of halogens is 5. The smallest absolute Gasteiger partial charge is 0.250 e. The van der Waals surface area contributed by atoms with E-state index in [1.54, 1.807) is 66.0 Å². The predicted molar refractivity (Wildman–Crippen MR) is 239 cm³/mol. The fraction of sp³-hybridized carbons (Fsp3) is 0.300. The summed E-state index contributed by atoms with van der Waals surface area (Å²) in [6.45, 7) is 18.8. The normalized spacial score (nSPS) is 10.6. The Balaban J connectivity index is 0.000000685. The van der Waals surface area contributed by atoms with E-state index in [4.69, 9.17) is 68.4 Å². The van der Waals surface area contributed by atoms with Gasteiger partial charge in [-0.3, -0.25) is 9.59 Å². The molecular weight excluding hydrogens is 858 g/mol. The first-order valence-electron chi connectivity index (χ1n) is 16.1. The topological polar surface area (TPSA) is 134 Å². The molecule has 15 heteroatoms. The quantitative estimate of drug-likeness (QED) is 0.119. The molecule has 6 nitrogen and oxygen atoms in total. The number of benzene rings is 4. The number of hydrogen-bond donors (Lipinski definition) is 4. The molecule has 4 aromatic rings. The van der Waals surface area contributed by atoms with Crippen molar-refractivity contribution in [1.29, 1.82) is 10.5 Å². The Morgan fingerprint density at radius 1 is 0.618 bits per heavy atom. The van der Waals surface area contributed by atoms with Gasteiger partial charge in [0, 0.05) is 28.9 Å². The van der Waals surface area contributed by atoms with Crippen LogP contribution in [0.2, 0.25) is 20.1 Å².